The van der Waals surface area contributed by atoms with Crippen molar-refractivity contribution in [3.05, 3.63) is 34.9 Å². The van der Waals surface area contributed by atoms with E-state index in [2.05, 4.69) is 0 Å². The summed E-state index contributed by atoms with van der Waals surface area (Å²) in [6, 6.07) is 4.34. The summed E-state index contributed by atoms with van der Waals surface area (Å²) in [7, 11) is -3.40. The van der Waals surface area contributed by atoms with Crippen LogP contribution < -0.4 is 0 Å². The lowest BCUT2D eigenvalue weighted by molar-refractivity contribution is 0.0696. The molecule has 120 valence electrons. The van der Waals surface area contributed by atoms with Gasteiger partial charge in [-0.2, -0.15) is 11.8 Å². The normalized spacial score (nSPS) is 19.0. The van der Waals surface area contributed by atoms with Crippen LogP contribution in [-0.2, 0) is 9.84 Å². The van der Waals surface area contributed by atoms with E-state index in [0.29, 0.717) is 23.6 Å². The van der Waals surface area contributed by atoms with E-state index in [0.717, 1.165) is 6.26 Å². The van der Waals surface area contributed by atoms with Crippen LogP contribution in [0.3, 0.4) is 0 Å². The lowest BCUT2D eigenvalue weighted by atomic mass is 10.1. The Morgan fingerprint density at radius 1 is 1.27 bits per heavy atom. The zero-order valence-electron chi connectivity index (χ0n) is 12.3. The van der Waals surface area contributed by atoms with Crippen molar-refractivity contribution >= 4 is 33.5 Å². The summed E-state index contributed by atoms with van der Waals surface area (Å²) in [5.41, 5.74) is 0.870. The number of carboxylic acid groups (broad SMARTS) is 1. The minimum atomic E-state index is -3.40. The Balaban J connectivity index is 2.39. The molecule has 22 heavy (non-hydrogen) atoms. The van der Waals surface area contributed by atoms with E-state index in [9.17, 15) is 18.0 Å². The van der Waals surface area contributed by atoms with Gasteiger partial charge in [-0.05, 0) is 30.7 Å². The monoisotopic (exact) mass is 343 g/mol. The highest BCUT2D eigenvalue weighted by Gasteiger charge is 2.34. The summed E-state index contributed by atoms with van der Waals surface area (Å²) >= 11 is 1.49. The molecule has 1 fully saturated rings. The Kier molecular flexibility index (Phi) is 4.81. The number of hydrogen-bond acceptors (Lipinski definition) is 5. The summed E-state index contributed by atoms with van der Waals surface area (Å²) in [5, 5.41) is 8.21. The van der Waals surface area contributed by atoms with Gasteiger partial charge < -0.3 is 10.0 Å². The number of sulfone groups is 1. The molecule has 8 heteroatoms. The van der Waals surface area contributed by atoms with Crippen molar-refractivity contribution in [2.75, 3.05) is 24.3 Å². The molecule has 0 aliphatic carbocycles. The summed E-state index contributed by atoms with van der Waals surface area (Å²) in [4.78, 5) is 25.1. The van der Waals surface area contributed by atoms with Crippen molar-refractivity contribution in [2.45, 2.75) is 12.3 Å². The molecular weight excluding hydrogens is 326 g/mol. The highest BCUT2D eigenvalue weighted by Crippen LogP contribution is 2.23. The second kappa shape index (κ2) is 6.29. The Hall–Kier alpha value is -1.54. The maximum absolute atomic E-state index is 12.6. The van der Waals surface area contributed by atoms with Gasteiger partial charge in [-0.15, -0.1) is 0 Å². The van der Waals surface area contributed by atoms with E-state index >= 15 is 0 Å². The lowest BCUT2D eigenvalue weighted by Gasteiger charge is -2.34. The van der Waals surface area contributed by atoms with Gasteiger partial charge in [0.1, 0.15) is 5.37 Å². The van der Waals surface area contributed by atoms with Gasteiger partial charge in [-0.1, -0.05) is 0 Å². The van der Waals surface area contributed by atoms with Gasteiger partial charge in [-0.25, -0.2) is 13.2 Å². The molecule has 1 heterocycles. The molecule has 0 saturated carbocycles. The van der Waals surface area contributed by atoms with Crippen LogP contribution in [0.15, 0.2) is 18.2 Å². The minimum Gasteiger partial charge on any atom is -0.478 e. The number of thioether (sulfide) groups is 1. The Morgan fingerprint density at radius 3 is 2.50 bits per heavy atom. The number of carboxylic acids is 1. The number of amides is 1. The van der Waals surface area contributed by atoms with E-state index < -0.39 is 27.1 Å². The summed E-state index contributed by atoms with van der Waals surface area (Å²) in [6.07, 6.45) is 1.11. The van der Waals surface area contributed by atoms with E-state index in [4.69, 9.17) is 5.11 Å². The quantitative estimate of drug-likeness (QED) is 0.888. The number of aryl methyl sites for hydroxylation is 1. The molecule has 0 aromatic heterocycles. The fraction of sp³-hybridized carbons (Fsp3) is 0.429. The standard InChI is InChI=1S/C14H17NO5S2/c1-9-5-10(7-11(6-9)14(17)18)13(16)15-3-4-21-8-12(15)22(2,19)20/h5-7,12H,3-4,8H2,1-2H3,(H,17,18). The highest BCUT2D eigenvalue weighted by atomic mass is 32.2. The van der Waals surface area contributed by atoms with Crippen molar-refractivity contribution in [1.82, 2.24) is 4.90 Å². The first kappa shape index (κ1) is 16.8. The molecule has 1 aliphatic heterocycles. The van der Waals surface area contributed by atoms with Gasteiger partial charge in [0.05, 0.1) is 5.56 Å². The molecule has 1 N–H and O–H groups in total. The molecule has 1 atom stereocenters. The van der Waals surface area contributed by atoms with Crippen molar-refractivity contribution in [2.24, 2.45) is 0 Å². The molecule has 0 spiro atoms. The van der Waals surface area contributed by atoms with E-state index in [1.54, 1.807) is 13.0 Å². The molecule has 1 aromatic carbocycles. The van der Waals surface area contributed by atoms with Crippen LogP contribution in [0.5, 0.6) is 0 Å². The van der Waals surface area contributed by atoms with Gasteiger partial charge >= 0.3 is 5.97 Å². The first-order valence-corrected chi connectivity index (χ1v) is 9.73. The first-order chi connectivity index (χ1) is 10.2. The summed E-state index contributed by atoms with van der Waals surface area (Å²) < 4.78 is 23.7. The summed E-state index contributed by atoms with van der Waals surface area (Å²) in [6.45, 7) is 2.03. The molecule has 6 nitrogen and oxygen atoms in total. The van der Waals surface area contributed by atoms with Gasteiger partial charge in [0.15, 0.2) is 9.84 Å². The maximum Gasteiger partial charge on any atom is 0.335 e. The van der Waals surface area contributed by atoms with E-state index in [1.165, 1.54) is 28.8 Å². The van der Waals surface area contributed by atoms with E-state index in [-0.39, 0.29) is 11.1 Å². The van der Waals surface area contributed by atoms with Crippen LogP contribution in [-0.4, -0.2) is 60.0 Å². The first-order valence-electron chi connectivity index (χ1n) is 6.62. The molecule has 1 aliphatic rings. The third-order valence-corrected chi connectivity index (χ3v) is 6.05. The SMILES string of the molecule is Cc1cc(C(=O)O)cc(C(=O)N2CCSCC2S(C)(=O)=O)c1. The average molecular weight is 343 g/mol. The largest absolute Gasteiger partial charge is 0.478 e. The molecule has 1 saturated heterocycles. The smallest absolute Gasteiger partial charge is 0.335 e. The number of nitrogens with zero attached hydrogens (tertiary/aromatic N) is 1. The minimum absolute atomic E-state index is 0.0191. The fourth-order valence-electron chi connectivity index (χ4n) is 2.36. The fourth-order valence-corrected chi connectivity index (χ4v) is 5.18. The second-order valence-electron chi connectivity index (χ2n) is 5.25. The predicted molar refractivity (Wildman–Crippen MR) is 85.1 cm³/mol. The molecule has 0 bridgehead atoms. The van der Waals surface area contributed by atoms with Crippen LogP contribution in [0.2, 0.25) is 0 Å². The van der Waals surface area contributed by atoms with Gasteiger partial charge in [-0.3, -0.25) is 4.79 Å². The Bertz CT molecular complexity index is 714. The number of carbonyl (C=O) groups is 2. The third-order valence-electron chi connectivity index (χ3n) is 3.41. The summed E-state index contributed by atoms with van der Waals surface area (Å²) in [5.74, 6) is -0.564. The van der Waals surface area contributed by atoms with E-state index in [1.807, 2.05) is 0 Å². The lowest BCUT2D eigenvalue weighted by Crippen LogP contribution is -2.49. The van der Waals surface area contributed by atoms with Gasteiger partial charge in [0.2, 0.25) is 0 Å². The van der Waals surface area contributed by atoms with Crippen molar-refractivity contribution in [3.63, 3.8) is 0 Å². The molecule has 1 amide bonds. The molecule has 1 aromatic rings. The van der Waals surface area contributed by atoms with Crippen molar-refractivity contribution in [3.8, 4) is 0 Å². The molecule has 0 radical (unpaired) electrons. The zero-order chi connectivity index (χ0) is 16.5. The molecule has 2 rings (SSSR count). The Morgan fingerprint density at radius 2 is 1.91 bits per heavy atom. The average Bonchev–Trinajstić information content (AvgIpc) is 2.45. The van der Waals surface area contributed by atoms with Crippen LogP contribution in [0.1, 0.15) is 26.3 Å². The number of benzene rings is 1. The zero-order valence-corrected chi connectivity index (χ0v) is 13.9. The van der Waals surface area contributed by atoms with Crippen LogP contribution in [0.25, 0.3) is 0 Å². The molecular formula is C14H17NO5S2. The van der Waals surface area contributed by atoms with Crippen molar-refractivity contribution in [1.29, 1.82) is 0 Å². The number of hydrogen-bond donors (Lipinski definition) is 1. The highest BCUT2D eigenvalue weighted by molar-refractivity contribution is 8.00. The number of aromatic carboxylic acids is 1. The molecule has 1 unspecified atom stereocenters. The van der Waals surface area contributed by atoms with Gasteiger partial charge in [0, 0.05) is 29.9 Å². The van der Waals surface area contributed by atoms with Crippen LogP contribution in [0, 0.1) is 6.92 Å². The number of rotatable bonds is 3. The predicted octanol–water partition coefficient (Wildman–Crippen LogP) is 1.25. The topological polar surface area (TPSA) is 91.8 Å². The maximum atomic E-state index is 12.6. The third kappa shape index (κ3) is 3.61. The van der Waals surface area contributed by atoms with Crippen molar-refractivity contribution < 1.29 is 23.1 Å². The second-order valence-corrected chi connectivity index (χ2v) is 8.60. The van der Waals surface area contributed by atoms with Gasteiger partial charge in [0.25, 0.3) is 5.91 Å². The van der Waals surface area contributed by atoms with Crippen LogP contribution >= 0.6 is 11.8 Å². The number of carbonyl (C=O) groups excluding carboxylic acids is 1. The van der Waals surface area contributed by atoms with Crippen LogP contribution in [0.4, 0.5) is 0 Å². The Labute approximate surface area is 133 Å².